The molecular weight excluding hydrogens is 287 g/mol. The van der Waals surface area contributed by atoms with Crippen LogP contribution in [0.4, 0.5) is 13.2 Å². The maximum atomic E-state index is 13.5. The van der Waals surface area contributed by atoms with Gasteiger partial charge >= 0.3 is 0 Å². The fourth-order valence-corrected chi connectivity index (χ4v) is 2.84. The number of halogens is 3. The van der Waals surface area contributed by atoms with Gasteiger partial charge in [-0.3, -0.25) is 4.21 Å². The van der Waals surface area contributed by atoms with Crippen LogP contribution in [0.5, 0.6) is 0 Å². The zero-order valence-corrected chi connectivity index (χ0v) is 10.9. The van der Waals surface area contributed by atoms with Crippen molar-refractivity contribution in [3.05, 3.63) is 65.0 Å². The van der Waals surface area contributed by atoms with E-state index in [-0.39, 0.29) is 21.8 Å². The summed E-state index contributed by atoms with van der Waals surface area (Å²) in [5.74, 6) is -2.50. The van der Waals surface area contributed by atoms with E-state index in [1.807, 2.05) is 6.07 Å². The smallest absolute Gasteiger partial charge is 0.142 e. The Bertz CT molecular complexity index is 725. The van der Waals surface area contributed by atoms with Crippen LogP contribution in [0, 0.1) is 28.8 Å². The van der Waals surface area contributed by atoms with Gasteiger partial charge in [0.15, 0.2) is 0 Å². The lowest BCUT2D eigenvalue weighted by Gasteiger charge is -2.06. The molecule has 1 unspecified atom stereocenters. The molecule has 0 N–H and O–H groups in total. The summed E-state index contributed by atoms with van der Waals surface area (Å²) in [4.78, 5) is -0.181. The highest BCUT2D eigenvalue weighted by atomic mass is 32.2. The Balaban J connectivity index is 2.33. The van der Waals surface area contributed by atoms with E-state index in [0.717, 1.165) is 24.3 Å². The quantitative estimate of drug-likeness (QED) is 0.872. The monoisotopic (exact) mass is 295 g/mol. The van der Waals surface area contributed by atoms with Crippen molar-refractivity contribution in [2.75, 3.05) is 0 Å². The van der Waals surface area contributed by atoms with E-state index in [1.54, 1.807) is 0 Å². The highest BCUT2D eigenvalue weighted by Crippen LogP contribution is 2.19. The minimum atomic E-state index is -1.83. The molecule has 2 aromatic rings. The average molecular weight is 295 g/mol. The van der Waals surface area contributed by atoms with Gasteiger partial charge in [0.1, 0.15) is 17.5 Å². The van der Waals surface area contributed by atoms with Crippen LogP contribution in [0.15, 0.2) is 41.3 Å². The van der Waals surface area contributed by atoms with Crippen molar-refractivity contribution in [3.8, 4) is 6.07 Å². The van der Waals surface area contributed by atoms with E-state index in [4.69, 9.17) is 5.26 Å². The molecule has 2 nitrogen and oxygen atoms in total. The molecule has 6 heteroatoms. The summed E-state index contributed by atoms with van der Waals surface area (Å²) in [6.07, 6.45) is 0. The van der Waals surface area contributed by atoms with Gasteiger partial charge in [0.25, 0.3) is 0 Å². The van der Waals surface area contributed by atoms with Gasteiger partial charge in [-0.2, -0.15) is 5.26 Å². The molecule has 20 heavy (non-hydrogen) atoms. The molecular formula is C14H8F3NOS. The summed E-state index contributed by atoms with van der Waals surface area (Å²) in [7, 11) is -1.83. The second kappa shape index (κ2) is 5.88. The molecule has 0 aliphatic heterocycles. The van der Waals surface area contributed by atoms with Gasteiger partial charge in [-0.25, -0.2) is 13.2 Å². The van der Waals surface area contributed by atoms with Gasteiger partial charge < -0.3 is 0 Å². The summed E-state index contributed by atoms with van der Waals surface area (Å²) in [5.41, 5.74) is 0.386. The van der Waals surface area contributed by atoms with Gasteiger partial charge in [-0.05, 0) is 35.9 Å². The summed E-state index contributed by atoms with van der Waals surface area (Å²) in [6, 6.07) is 8.01. The number of nitriles is 1. The molecule has 0 heterocycles. The number of hydrogen-bond acceptors (Lipinski definition) is 2. The molecule has 1 atom stereocenters. The van der Waals surface area contributed by atoms with E-state index in [9.17, 15) is 17.4 Å². The van der Waals surface area contributed by atoms with Crippen LogP contribution in [0.2, 0.25) is 0 Å². The van der Waals surface area contributed by atoms with Crippen molar-refractivity contribution >= 4 is 10.8 Å². The Morgan fingerprint density at radius 2 is 1.70 bits per heavy atom. The molecule has 0 saturated heterocycles. The lowest BCUT2D eigenvalue weighted by atomic mass is 10.1. The molecule has 2 aromatic carbocycles. The van der Waals surface area contributed by atoms with Crippen molar-refractivity contribution in [2.45, 2.75) is 10.6 Å². The first-order valence-electron chi connectivity index (χ1n) is 5.53. The van der Waals surface area contributed by atoms with Crippen LogP contribution < -0.4 is 0 Å². The van der Waals surface area contributed by atoms with Crippen molar-refractivity contribution < 1.29 is 17.4 Å². The third-order valence-corrected chi connectivity index (χ3v) is 4.01. The van der Waals surface area contributed by atoms with Crippen LogP contribution in [0.25, 0.3) is 0 Å². The fourth-order valence-electron chi connectivity index (χ4n) is 1.67. The molecule has 0 fully saturated rings. The number of hydrogen-bond donors (Lipinski definition) is 0. The van der Waals surface area contributed by atoms with Crippen molar-refractivity contribution in [1.82, 2.24) is 0 Å². The molecule has 0 saturated carbocycles. The topological polar surface area (TPSA) is 40.9 Å². The van der Waals surface area contributed by atoms with Gasteiger partial charge in [-0.1, -0.05) is 0 Å². The molecule has 0 bridgehead atoms. The standard InChI is InChI=1S/C14H8F3NOS/c15-11-2-1-9(7-18)10(5-11)8-20(19)14-4-3-12(16)6-13(14)17/h1-6H,8H2. The largest absolute Gasteiger partial charge is 0.254 e. The molecule has 102 valence electrons. The normalized spacial score (nSPS) is 11.9. The highest BCUT2D eigenvalue weighted by molar-refractivity contribution is 7.84. The first-order chi connectivity index (χ1) is 9.51. The molecule has 0 aliphatic rings. The fraction of sp³-hybridized carbons (Fsp3) is 0.0714. The summed E-state index contributed by atoms with van der Waals surface area (Å²) in [5, 5.41) is 8.89. The minimum absolute atomic E-state index is 0.169. The Hall–Kier alpha value is -2.13. The third-order valence-electron chi connectivity index (χ3n) is 2.61. The average Bonchev–Trinajstić information content (AvgIpc) is 2.38. The van der Waals surface area contributed by atoms with Crippen molar-refractivity contribution in [1.29, 1.82) is 5.26 Å². The number of nitrogens with zero attached hydrogens (tertiary/aromatic N) is 1. The van der Waals surface area contributed by atoms with Gasteiger partial charge in [0.2, 0.25) is 0 Å². The maximum absolute atomic E-state index is 13.5. The summed E-state index contributed by atoms with van der Waals surface area (Å²) < 4.78 is 51.5. The van der Waals surface area contributed by atoms with Crippen molar-refractivity contribution in [3.63, 3.8) is 0 Å². The van der Waals surface area contributed by atoms with E-state index < -0.39 is 28.3 Å². The number of benzene rings is 2. The SMILES string of the molecule is N#Cc1ccc(F)cc1CS(=O)c1ccc(F)cc1F. The van der Waals surface area contributed by atoms with Crippen LogP contribution >= 0.6 is 0 Å². The summed E-state index contributed by atoms with van der Waals surface area (Å²) in [6.45, 7) is 0. The second-order valence-electron chi connectivity index (χ2n) is 3.98. The van der Waals surface area contributed by atoms with E-state index >= 15 is 0 Å². The predicted octanol–water partition coefficient (Wildman–Crippen LogP) is 3.28. The van der Waals surface area contributed by atoms with Crippen LogP contribution in [0.1, 0.15) is 11.1 Å². The number of rotatable bonds is 3. The first-order valence-corrected chi connectivity index (χ1v) is 6.85. The van der Waals surface area contributed by atoms with Gasteiger partial charge in [0, 0.05) is 6.07 Å². The molecule has 0 spiro atoms. The van der Waals surface area contributed by atoms with Gasteiger partial charge in [-0.15, -0.1) is 0 Å². The second-order valence-corrected chi connectivity index (χ2v) is 5.40. The molecule has 0 amide bonds. The summed E-state index contributed by atoms with van der Waals surface area (Å²) >= 11 is 0. The lowest BCUT2D eigenvalue weighted by Crippen LogP contribution is -2.02. The minimum Gasteiger partial charge on any atom is -0.254 e. The molecule has 2 rings (SSSR count). The Morgan fingerprint density at radius 1 is 1.05 bits per heavy atom. The van der Waals surface area contributed by atoms with Gasteiger partial charge in [0.05, 0.1) is 33.1 Å². The Kier molecular flexibility index (Phi) is 4.20. The van der Waals surface area contributed by atoms with E-state index in [0.29, 0.717) is 6.07 Å². The van der Waals surface area contributed by atoms with E-state index in [1.165, 1.54) is 6.07 Å². The molecule has 0 aromatic heterocycles. The maximum Gasteiger partial charge on any atom is 0.142 e. The third kappa shape index (κ3) is 3.06. The zero-order chi connectivity index (χ0) is 14.7. The van der Waals surface area contributed by atoms with E-state index in [2.05, 4.69) is 0 Å². The van der Waals surface area contributed by atoms with Crippen LogP contribution in [0.3, 0.4) is 0 Å². The van der Waals surface area contributed by atoms with Crippen LogP contribution in [-0.2, 0) is 16.6 Å². The highest BCUT2D eigenvalue weighted by Gasteiger charge is 2.14. The molecule has 0 radical (unpaired) electrons. The first kappa shape index (κ1) is 14.3. The Morgan fingerprint density at radius 3 is 2.35 bits per heavy atom. The molecule has 0 aliphatic carbocycles. The Labute approximate surface area is 115 Å². The predicted molar refractivity (Wildman–Crippen MR) is 67.6 cm³/mol. The zero-order valence-electron chi connectivity index (χ0n) is 10.1. The lowest BCUT2D eigenvalue weighted by molar-refractivity contribution is 0.562. The van der Waals surface area contributed by atoms with Crippen molar-refractivity contribution in [2.24, 2.45) is 0 Å². The van der Waals surface area contributed by atoms with Crippen LogP contribution in [-0.4, -0.2) is 4.21 Å².